The lowest BCUT2D eigenvalue weighted by molar-refractivity contribution is -0.118. The van der Waals surface area contributed by atoms with Crippen molar-refractivity contribution < 1.29 is 9.53 Å². The summed E-state index contributed by atoms with van der Waals surface area (Å²) >= 11 is 0. The average molecular weight is 353 g/mol. The molecule has 0 spiro atoms. The number of amides is 1. The summed E-state index contributed by atoms with van der Waals surface area (Å²) in [4.78, 5) is 30.8. The first-order chi connectivity index (χ1) is 12.4. The first-order valence-corrected chi connectivity index (χ1v) is 8.05. The van der Waals surface area contributed by atoms with Crippen molar-refractivity contribution in [3.63, 3.8) is 0 Å². The Morgan fingerprint density at radius 2 is 1.96 bits per heavy atom. The standard InChI is InChI=1S/C18H19N5O3/c1-11-6-4-5-7-14(11)26-10-17(25)20-15-8-13(3)22-23(15)18-19-12(2)9-16(24)21-18/h4-9H,10H2,1-3H3,(H,20,25)(H,19,21,24). The molecule has 2 heterocycles. The molecule has 134 valence electrons. The number of rotatable bonds is 5. The number of nitrogens with one attached hydrogen (secondary N) is 2. The van der Waals surface area contributed by atoms with Gasteiger partial charge in [-0.25, -0.2) is 4.98 Å². The molecule has 0 aliphatic carbocycles. The van der Waals surface area contributed by atoms with Crippen LogP contribution in [0.1, 0.15) is 17.0 Å². The van der Waals surface area contributed by atoms with Gasteiger partial charge < -0.3 is 10.1 Å². The summed E-state index contributed by atoms with van der Waals surface area (Å²) in [6, 6.07) is 10.5. The number of aromatic nitrogens is 4. The molecule has 0 saturated carbocycles. The van der Waals surface area contributed by atoms with Crippen LogP contribution in [0.2, 0.25) is 0 Å². The van der Waals surface area contributed by atoms with Gasteiger partial charge in [0.2, 0.25) is 5.95 Å². The van der Waals surface area contributed by atoms with Crippen LogP contribution >= 0.6 is 0 Å². The van der Waals surface area contributed by atoms with E-state index in [9.17, 15) is 9.59 Å². The predicted octanol–water partition coefficient (Wildman–Crippen LogP) is 1.90. The third-order valence-electron chi connectivity index (χ3n) is 3.61. The Labute approximate surface area is 149 Å². The number of anilines is 1. The second-order valence-electron chi connectivity index (χ2n) is 5.90. The number of para-hydroxylation sites is 1. The van der Waals surface area contributed by atoms with Gasteiger partial charge in [0.15, 0.2) is 6.61 Å². The van der Waals surface area contributed by atoms with Crippen LogP contribution < -0.4 is 15.6 Å². The van der Waals surface area contributed by atoms with Gasteiger partial charge in [-0.2, -0.15) is 9.78 Å². The molecule has 0 aliphatic heterocycles. The first-order valence-electron chi connectivity index (χ1n) is 8.05. The van der Waals surface area contributed by atoms with E-state index in [1.54, 1.807) is 26.0 Å². The summed E-state index contributed by atoms with van der Waals surface area (Å²) in [5.41, 5.74) is 1.88. The molecule has 3 aromatic rings. The van der Waals surface area contributed by atoms with Crippen molar-refractivity contribution in [2.45, 2.75) is 20.8 Å². The van der Waals surface area contributed by atoms with E-state index in [1.165, 1.54) is 10.7 Å². The number of hydrogen-bond donors (Lipinski definition) is 2. The lowest BCUT2D eigenvalue weighted by Crippen LogP contribution is -2.23. The van der Waals surface area contributed by atoms with Gasteiger partial charge in [0.25, 0.3) is 11.5 Å². The van der Waals surface area contributed by atoms with Crippen molar-refractivity contribution in [3.8, 4) is 11.7 Å². The maximum atomic E-state index is 12.3. The second-order valence-corrected chi connectivity index (χ2v) is 5.90. The Kier molecular flexibility index (Phi) is 4.83. The molecule has 1 aromatic carbocycles. The highest BCUT2D eigenvalue weighted by atomic mass is 16.5. The molecule has 0 bridgehead atoms. The molecule has 8 heteroatoms. The molecule has 0 fully saturated rings. The Morgan fingerprint density at radius 1 is 1.19 bits per heavy atom. The van der Waals surface area contributed by atoms with Gasteiger partial charge in [0, 0.05) is 17.8 Å². The molecular weight excluding hydrogens is 334 g/mol. The molecule has 0 radical (unpaired) electrons. The summed E-state index contributed by atoms with van der Waals surface area (Å²) in [5.74, 6) is 0.939. The monoisotopic (exact) mass is 353 g/mol. The fraction of sp³-hybridized carbons (Fsp3) is 0.222. The minimum Gasteiger partial charge on any atom is -0.483 e. The van der Waals surface area contributed by atoms with E-state index in [0.717, 1.165) is 5.56 Å². The van der Waals surface area contributed by atoms with Gasteiger partial charge in [-0.1, -0.05) is 18.2 Å². The normalized spacial score (nSPS) is 10.6. The van der Waals surface area contributed by atoms with Crippen LogP contribution in [0.4, 0.5) is 5.82 Å². The minimum atomic E-state index is -0.343. The van der Waals surface area contributed by atoms with Crippen LogP contribution in [-0.4, -0.2) is 32.3 Å². The molecule has 0 atom stereocenters. The summed E-state index contributed by atoms with van der Waals surface area (Å²) in [7, 11) is 0. The van der Waals surface area contributed by atoms with E-state index in [-0.39, 0.29) is 24.0 Å². The number of carbonyl (C=O) groups is 1. The summed E-state index contributed by atoms with van der Waals surface area (Å²) in [6.07, 6.45) is 0. The first kappa shape index (κ1) is 17.4. The number of carbonyl (C=O) groups excluding carboxylic acids is 1. The van der Waals surface area contributed by atoms with E-state index < -0.39 is 0 Å². The average Bonchev–Trinajstić information content (AvgIpc) is 2.93. The topological polar surface area (TPSA) is 102 Å². The van der Waals surface area contributed by atoms with Gasteiger partial charge in [-0.05, 0) is 32.4 Å². The van der Waals surface area contributed by atoms with Gasteiger partial charge in [-0.15, -0.1) is 0 Å². The van der Waals surface area contributed by atoms with Gasteiger partial charge >= 0.3 is 0 Å². The lowest BCUT2D eigenvalue weighted by Gasteiger charge is -2.10. The van der Waals surface area contributed by atoms with Crippen LogP contribution in [0.15, 0.2) is 41.2 Å². The molecule has 0 aliphatic rings. The Hall–Kier alpha value is -3.42. The number of hydrogen-bond acceptors (Lipinski definition) is 5. The molecule has 1 amide bonds. The zero-order chi connectivity index (χ0) is 18.7. The Balaban J connectivity index is 1.77. The summed E-state index contributed by atoms with van der Waals surface area (Å²) < 4.78 is 6.93. The molecular formula is C18H19N5O3. The second kappa shape index (κ2) is 7.22. The van der Waals surface area contributed by atoms with Crippen molar-refractivity contribution in [2.75, 3.05) is 11.9 Å². The molecule has 8 nitrogen and oxygen atoms in total. The van der Waals surface area contributed by atoms with Crippen molar-refractivity contribution in [3.05, 3.63) is 63.7 Å². The van der Waals surface area contributed by atoms with E-state index >= 15 is 0 Å². The molecule has 26 heavy (non-hydrogen) atoms. The molecule has 0 unspecified atom stereocenters. The maximum Gasteiger partial charge on any atom is 0.263 e. The Morgan fingerprint density at radius 3 is 2.69 bits per heavy atom. The number of aryl methyl sites for hydroxylation is 3. The number of nitrogens with zero attached hydrogens (tertiary/aromatic N) is 3. The smallest absolute Gasteiger partial charge is 0.263 e. The van der Waals surface area contributed by atoms with E-state index in [0.29, 0.717) is 23.0 Å². The highest BCUT2D eigenvalue weighted by molar-refractivity contribution is 5.91. The third kappa shape index (κ3) is 3.97. The number of H-pyrrole nitrogens is 1. The van der Waals surface area contributed by atoms with Crippen molar-refractivity contribution in [1.29, 1.82) is 0 Å². The minimum absolute atomic E-state index is 0.146. The molecule has 3 rings (SSSR count). The van der Waals surface area contributed by atoms with Crippen LogP contribution in [0.3, 0.4) is 0 Å². The van der Waals surface area contributed by atoms with E-state index in [2.05, 4.69) is 20.4 Å². The van der Waals surface area contributed by atoms with Crippen LogP contribution in [0.5, 0.6) is 5.75 Å². The third-order valence-corrected chi connectivity index (χ3v) is 3.61. The van der Waals surface area contributed by atoms with Crippen molar-refractivity contribution in [1.82, 2.24) is 19.7 Å². The summed E-state index contributed by atoms with van der Waals surface area (Å²) in [5, 5.41) is 7.01. The van der Waals surface area contributed by atoms with Crippen molar-refractivity contribution >= 4 is 11.7 Å². The number of benzene rings is 1. The molecule has 2 N–H and O–H groups in total. The predicted molar refractivity (Wildman–Crippen MR) is 96.8 cm³/mol. The number of aromatic amines is 1. The largest absolute Gasteiger partial charge is 0.483 e. The lowest BCUT2D eigenvalue weighted by atomic mass is 10.2. The highest BCUT2D eigenvalue weighted by Crippen LogP contribution is 2.17. The quantitative estimate of drug-likeness (QED) is 0.729. The van der Waals surface area contributed by atoms with E-state index in [1.807, 2.05) is 25.1 Å². The van der Waals surface area contributed by atoms with Crippen LogP contribution in [0.25, 0.3) is 5.95 Å². The Bertz CT molecular complexity index is 1010. The summed E-state index contributed by atoms with van der Waals surface area (Å²) in [6.45, 7) is 5.26. The molecule has 2 aromatic heterocycles. The fourth-order valence-electron chi connectivity index (χ4n) is 2.45. The van der Waals surface area contributed by atoms with Crippen LogP contribution in [0, 0.1) is 20.8 Å². The molecule has 0 saturated heterocycles. The maximum absolute atomic E-state index is 12.3. The SMILES string of the molecule is Cc1cc(=O)[nH]c(-n2nc(C)cc2NC(=O)COc2ccccc2C)n1. The van der Waals surface area contributed by atoms with Gasteiger partial charge in [-0.3, -0.25) is 14.6 Å². The van der Waals surface area contributed by atoms with Crippen LogP contribution in [-0.2, 0) is 4.79 Å². The number of ether oxygens (including phenoxy) is 1. The highest BCUT2D eigenvalue weighted by Gasteiger charge is 2.13. The van der Waals surface area contributed by atoms with Crippen molar-refractivity contribution in [2.24, 2.45) is 0 Å². The van der Waals surface area contributed by atoms with Gasteiger partial charge in [0.05, 0.1) is 5.69 Å². The fourth-order valence-corrected chi connectivity index (χ4v) is 2.45. The zero-order valence-electron chi connectivity index (χ0n) is 14.7. The van der Waals surface area contributed by atoms with E-state index in [4.69, 9.17) is 4.74 Å². The zero-order valence-corrected chi connectivity index (χ0v) is 14.7. The van der Waals surface area contributed by atoms with Gasteiger partial charge in [0.1, 0.15) is 11.6 Å².